The van der Waals surface area contributed by atoms with Gasteiger partial charge in [0.15, 0.2) is 6.33 Å². The molecule has 1 amide bonds. The molecule has 1 fully saturated rings. The Hall–Kier alpha value is -2.24. The van der Waals surface area contributed by atoms with Gasteiger partial charge in [-0.25, -0.2) is 0 Å². The Morgan fingerprint density at radius 1 is 1.17 bits per heavy atom. The number of carbonyl (C=O) groups is 1. The summed E-state index contributed by atoms with van der Waals surface area (Å²) in [6.45, 7) is 2.57. The van der Waals surface area contributed by atoms with Gasteiger partial charge >= 0.3 is 0 Å². The SMILES string of the molecule is O=C(CCc1ccccc1)N1CCC(CCn2ncnn2)CC1. The summed E-state index contributed by atoms with van der Waals surface area (Å²) in [5.41, 5.74) is 1.23. The van der Waals surface area contributed by atoms with Gasteiger partial charge in [0, 0.05) is 19.5 Å². The Morgan fingerprint density at radius 2 is 1.96 bits per heavy atom. The second kappa shape index (κ2) is 7.85. The van der Waals surface area contributed by atoms with Crippen molar-refractivity contribution in [3.05, 3.63) is 42.2 Å². The van der Waals surface area contributed by atoms with Gasteiger partial charge in [-0.1, -0.05) is 30.3 Å². The molecule has 1 aromatic heterocycles. The third kappa shape index (κ3) is 4.61. The van der Waals surface area contributed by atoms with Crippen LogP contribution < -0.4 is 0 Å². The van der Waals surface area contributed by atoms with Crippen molar-refractivity contribution in [2.24, 2.45) is 5.92 Å². The first-order valence-electron chi connectivity index (χ1n) is 8.34. The predicted molar refractivity (Wildman–Crippen MR) is 86.5 cm³/mol. The van der Waals surface area contributed by atoms with Crippen molar-refractivity contribution in [1.29, 1.82) is 0 Å². The van der Waals surface area contributed by atoms with Gasteiger partial charge in [0.2, 0.25) is 5.91 Å². The van der Waals surface area contributed by atoms with Crippen molar-refractivity contribution < 1.29 is 4.79 Å². The van der Waals surface area contributed by atoms with E-state index in [1.165, 1.54) is 11.9 Å². The van der Waals surface area contributed by atoms with Gasteiger partial charge in [-0.05, 0) is 42.4 Å². The van der Waals surface area contributed by atoms with Gasteiger partial charge in [0.1, 0.15) is 0 Å². The molecular weight excluding hydrogens is 290 g/mol. The molecule has 1 saturated heterocycles. The third-order valence-corrected chi connectivity index (χ3v) is 4.57. The van der Waals surface area contributed by atoms with E-state index in [0.717, 1.165) is 45.3 Å². The van der Waals surface area contributed by atoms with E-state index in [1.807, 2.05) is 23.1 Å². The highest BCUT2D eigenvalue weighted by Crippen LogP contribution is 2.21. The molecular formula is C17H23N5O. The van der Waals surface area contributed by atoms with E-state index in [2.05, 4.69) is 27.5 Å². The molecule has 0 N–H and O–H groups in total. The van der Waals surface area contributed by atoms with Crippen LogP contribution >= 0.6 is 0 Å². The number of likely N-dealkylation sites (tertiary alicyclic amines) is 1. The first kappa shape index (κ1) is 15.6. The minimum atomic E-state index is 0.283. The Balaban J connectivity index is 1.37. The van der Waals surface area contributed by atoms with Crippen LogP contribution in [0.3, 0.4) is 0 Å². The third-order valence-electron chi connectivity index (χ3n) is 4.57. The summed E-state index contributed by atoms with van der Waals surface area (Å²) in [7, 11) is 0. The molecule has 122 valence electrons. The zero-order valence-electron chi connectivity index (χ0n) is 13.3. The number of hydrogen-bond donors (Lipinski definition) is 0. The summed E-state index contributed by atoms with van der Waals surface area (Å²) in [4.78, 5) is 16.0. The Labute approximate surface area is 136 Å². The monoisotopic (exact) mass is 313 g/mol. The van der Waals surface area contributed by atoms with Gasteiger partial charge < -0.3 is 4.90 Å². The molecule has 0 bridgehead atoms. The van der Waals surface area contributed by atoms with Crippen LogP contribution in [0.15, 0.2) is 36.7 Å². The number of aryl methyl sites for hydroxylation is 2. The van der Waals surface area contributed by atoms with Crippen LogP contribution in [0.2, 0.25) is 0 Å². The van der Waals surface area contributed by atoms with Crippen molar-refractivity contribution in [3.63, 3.8) is 0 Å². The average Bonchev–Trinajstić information content (AvgIpc) is 3.13. The average molecular weight is 313 g/mol. The van der Waals surface area contributed by atoms with E-state index in [4.69, 9.17) is 0 Å². The molecule has 23 heavy (non-hydrogen) atoms. The molecule has 1 aliphatic rings. The number of tetrazole rings is 1. The van der Waals surface area contributed by atoms with Crippen LogP contribution in [0.1, 0.15) is 31.2 Å². The molecule has 0 atom stereocenters. The first-order valence-corrected chi connectivity index (χ1v) is 8.34. The summed E-state index contributed by atoms with van der Waals surface area (Å²) in [6, 6.07) is 10.2. The number of carbonyl (C=O) groups excluding carboxylic acids is 1. The maximum atomic E-state index is 12.3. The van der Waals surface area contributed by atoms with Crippen LogP contribution in [0.5, 0.6) is 0 Å². The molecule has 0 saturated carbocycles. The van der Waals surface area contributed by atoms with Crippen LogP contribution in [-0.2, 0) is 17.8 Å². The van der Waals surface area contributed by atoms with Crippen molar-refractivity contribution in [3.8, 4) is 0 Å². The first-order chi connectivity index (χ1) is 11.3. The normalized spacial score (nSPS) is 15.7. The summed E-state index contributed by atoms with van der Waals surface area (Å²) >= 11 is 0. The largest absolute Gasteiger partial charge is 0.343 e. The molecule has 0 aliphatic carbocycles. The van der Waals surface area contributed by atoms with Crippen LogP contribution in [-0.4, -0.2) is 44.1 Å². The molecule has 0 spiro atoms. The van der Waals surface area contributed by atoms with E-state index in [1.54, 1.807) is 4.80 Å². The number of nitrogens with zero attached hydrogens (tertiary/aromatic N) is 5. The van der Waals surface area contributed by atoms with Crippen molar-refractivity contribution >= 4 is 5.91 Å². The lowest BCUT2D eigenvalue weighted by atomic mass is 9.93. The summed E-state index contributed by atoms with van der Waals surface area (Å²) in [5, 5.41) is 11.6. The van der Waals surface area contributed by atoms with Crippen molar-refractivity contribution in [2.75, 3.05) is 13.1 Å². The quantitative estimate of drug-likeness (QED) is 0.817. The summed E-state index contributed by atoms with van der Waals surface area (Å²) in [6.07, 6.45) is 6.11. The van der Waals surface area contributed by atoms with Gasteiger partial charge in [-0.3, -0.25) is 4.79 Å². The van der Waals surface area contributed by atoms with Gasteiger partial charge in [0.25, 0.3) is 0 Å². The maximum absolute atomic E-state index is 12.3. The standard InChI is InChI=1S/C17H23N5O/c23-17(7-6-15-4-2-1-3-5-15)21-11-8-16(9-12-21)10-13-22-19-14-18-20-22/h1-5,14,16H,6-13H2. The molecule has 2 aromatic rings. The van der Waals surface area contributed by atoms with Crippen molar-refractivity contribution in [1.82, 2.24) is 25.1 Å². The Bertz CT molecular complexity index is 591. The highest BCUT2D eigenvalue weighted by molar-refractivity contribution is 5.76. The number of benzene rings is 1. The van der Waals surface area contributed by atoms with E-state index in [-0.39, 0.29) is 5.91 Å². The summed E-state index contributed by atoms with van der Waals surface area (Å²) < 4.78 is 0. The number of hydrogen-bond acceptors (Lipinski definition) is 4. The van der Waals surface area contributed by atoms with Crippen LogP contribution in [0.4, 0.5) is 0 Å². The lowest BCUT2D eigenvalue weighted by Gasteiger charge is -2.32. The number of piperidine rings is 1. The minimum absolute atomic E-state index is 0.283. The molecule has 6 heteroatoms. The van der Waals surface area contributed by atoms with Gasteiger partial charge in [-0.15, -0.1) is 10.2 Å². The lowest BCUT2D eigenvalue weighted by molar-refractivity contribution is -0.132. The van der Waals surface area contributed by atoms with Gasteiger partial charge in [-0.2, -0.15) is 4.80 Å². The number of rotatable bonds is 6. The fourth-order valence-electron chi connectivity index (χ4n) is 3.11. The fraction of sp³-hybridized carbons (Fsp3) is 0.529. The topological polar surface area (TPSA) is 63.9 Å². The van der Waals surface area contributed by atoms with E-state index >= 15 is 0 Å². The number of aromatic nitrogens is 4. The second-order valence-electron chi connectivity index (χ2n) is 6.13. The van der Waals surface area contributed by atoms with E-state index < -0.39 is 0 Å². The molecule has 3 rings (SSSR count). The lowest BCUT2D eigenvalue weighted by Crippen LogP contribution is -2.38. The van der Waals surface area contributed by atoms with Crippen LogP contribution in [0.25, 0.3) is 0 Å². The molecule has 1 aliphatic heterocycles. The smallest absolute Gasteiger partial charge is 0.222 e. The second-order valence-corrected chi connectivity index (χ2v) is 6.13. The van der Waals surface area contributed by atoms with Crippen molar-refractivity contribution in [2.45, 2.75) is 38.6 Å². The highest BCUT2D eigenvalue weighted by atomic mass is 16.2. The zero-order chi connectivity index (χ0) is 15.9. The highest BCUT2D eigenvalue weighted by Gasteiger charge is 2.22. The van der Waals surface area contributed by atoms with E-state index in [9.17, 15) is 4.79 Å². The summed E-state index contributed by atoms with van der Waals surface area (Å²) in [5.74, 6) is 0.935. The fourth-order valence-corrected chi connectivity index (χ4v) is 3.11. The predicted octanol–water partition coefficient (Wildman–Crippen LogP) is 1.93. The molecule has 0 unspecified atom stereocenters. The maximum Gasteiger partial charge on any atom is 0.222 e. The minimum Gasteiger partial charge on any atom is -0.343 e. The zero-order valence-corrected chi connectivity index (χ0v) is 13.3. The van der Waals surface area contributed by atoms with E-state index in [0.29, 0.717) is 12.3 Å². The van der Waals surface area contributed by atoms with Crippen LogP contribution in [0, 0.1) is 5.92 Å². The molecule has 0 radical (unpaired) electrons. The Morgan fingerprint density at radius 3 is 2.65 bits per heavy atom. The van der Waals surface area contributed by atoms with Gasteiger partial charge in [0.05, 0.1) is 6.54 Å². The molecule has 6 nitrogen and oxygen atoms in total. The molecule has 1 aromatic carbocycles. The molecule has 2 heterocycles. The number of amides is 1. The Kier molecular flexibility index (Phi) is 5.34.